The van der Waals surface area contributed by atoms with Crippen LogP contribution in [0, 0.1) is 16.7 Å². The quantitative estimate of drug-likeness (QED) is 0.795. The van der Waals surface area contributed by atoms with Crippen LogP contribution in [0.2, 0.25) is 0 Å². The van der Waals surface area contributed by atoms with E-state index in [1.807, 2.05) is 12.1 Å². The minimum absolute atomic E-state index is 0.114. The number of rotatable bonds is 3. The van der Waals surface area contributed by atoms with Crippen LogP contribution in [0.4, 0.5) is 0 Å². The molecule has 1 aromatic carbocycles. The van der Waals surface area contributed by atoms with Crippen LogP contribution in [0.1, 0.15) is 43.2 Å². The zero-order valence-corrected chi connectivity index (χ0v) is 16.3. The number of carbonyl (C=O) groups is 1. The molecule has 0 atom stereocenters. The molecular formula is C20H25N3O3S. The number of carbonyl (C=O) groups excluding carboxylic acids is 1. The van der Waals surface area contributed by atoms with E-state index in [0.717, 1.165) is 37.7 Å². The number of fused-ring (bicyclic) bond motifs is 1. The van der Waals surface area contributed by atoms with Gasteiger partial charge in [0.2, 0.25) is 15.9 Å². The first-order chi connectivity index (χ1) is 13.0. The smallest absolute Gasteiger partial charge is 0.243 e. The normalized spacial score (nSPS) is 22.4. The molecule has 6 nitrogen and oxygen atoms in total. The average Bonchev–Trinajstić information content (AvgIpc) is 3.36. The van der Waals surface area contributed by atoms with E-state index >= 15 is 0 Å². The molecule has 1 aliphatic heterocycles. The predicted octanol–water partition coefficient (Wildman–Crippen LogP) is 2.09. The number of nitriles is 1. The van der Waals surface area contributed by atoms with Crippen molar-refractivity contribution in [2.24, 2.45) is 5.41 Å². The van der Waals surface area contributed by atoms with Gasteiger partial charge in [0, 0.05) is 26.2 Å². The second-order valence-electron chi connectivity index (χ2n) is 7.88. The fraction of sp³-hybridized carbons (Fsp3) is 0.600. The number of hydrogen-bond acceptors (Lipinski definition) is 4. The van der Waals surface area contributed by atoms with Gasteiger partial charge >= 0.3 is 0 Å². The Hall–Kier alpha value is -1.91. The average molecular weight is 388 g/mol. The Morgan fingerprint density at radius 3 is 2.33 bits per heavy atom. The number of benzene rings is 1. The number of hydrogen-bond donors (Lipinski definition) is 0. The highest BCUT2D eigenvalue weighted by Gasteiger charge is 2.45. The van der Waals surface area contributed by atoms with Crippen LogP contribution in [0.5, 0.6) is 0 Å². The summed E-state index contributed by atoms with van der Waals surface area (Å²) in [5.74, 6) is -0.114. The zero-order chi connectivity index (χ0) is 19.1. The van der Waals surface area contributed by atoms with Crippen molar-refractivity contribution in [3.8, 4) is 6.07 Å². The Labute approximate surface area is 160 Å². The second kappa shape index (κ2) is 6.92. The van der Waals surface area contributed by atoms with Gasteiger partial charge in [-0.05, 0) is 55.4 Å². The lowest BCUT2D eigenvalue weighted by Crippen LogP contribution is -2.53. The van der Waals surface area contributed by atoms with Crippen molar-refractivity contribution in [1.82, 2.24) is 9.21 Å². The topological polar surface area (TPSA) is 81.5 Å². The van der Waals surface area contributed by atoms with Gasteiger partial charge in [-0.3, -0.25) is 4.79 Å². The first kappa shape index (κ1) is 18.5. The number of piperazine rings is 1. The van der Waals surface area contributed by atoms with Gasteiger partial charge in [-0.25, -0.2) is 8.42 Å². The Balaban J connectivity index is 1.46. The Bertz CT molecular complexity index is 890. The van der Waals surface area contributed by atoms with Crippen molar-refractivity contribution >= 4 is 15.9 Å². The highest BCUT2D eigenvalue weighted by molar-refractivity contribution is 7.89. The summed E-state index contributed by atoms with van der Waals surface area (Å²) in [6.07, 6.45) is 6.11. The summed E-state index contributed by atoms with van der Waals surface area (Å²) in [5.41, 5.74) is 1.51. The largest absolute Gasteiger partial charge is 0.339 e. The molecule has 2 fully saturated rings. The molecule has 27 heavy (non-hydrogen) atoms. The van der Waals surface area contributed by atoms with Gasteiger partial charge in [0.05, 0.1) is 11.0 Å². The third-order valence-corrected chi connectivity index (χ3v) is 8.21. The lowest BCUT2D eigenvalue weighted by Gasteiger charge is -2.37. The lowest BCUT2D eigenvalue weighted by atomic mass is 9.86. The monoisotopic (exact) mass is 387 g/mol. The summed E-state index contributed by atoms with van der Waals surface area (Å²) in [5, 5.41) is 9.52. The van der Waals surface area contributed by atoms with Gasteiger partial charge in [-0.15, -0.1) is 0 Å². The van der Waals surface area contributed by atoms with Crippen molar-refractivity contribution in [1.29, 1.82) is 5.26 Å². The van der Waals surface area contributed by atoms with Gasteiger partial charge in [0.25, 0.3) is 0 Å². The van der Waals surface area contributed by atoms with Crippen LogP contribution in [-0.4, -0.2) is 49.7 Å². The lowest BCUT2D eigenvalue weighted by molar-refractivity contribution is -0.140. The van der Waals surface area contributed by atoms with E-state index in [4.69, 9.17) is 0 Å². The van der Waals surface area contributed by atoms with E-state index in [0.29, 0.717) is 30.8 Å². The highest BCUT2D eigenvalue weighted by Crippen LogP contribution is 2.39. The van der Waals surface area contributed by atoms with Crippen molar-refractivity contribution in [2.75, 3.05) is 26.2 Å². The molecule has 0 bridgehead atoms. The fourth-order valence-electron chi connectivity index (χ4n) is 4.64. The van der Waals surface area contributed by atoms with Gasteiger partial charge in [0.1, 0.15) is 5.41 Å². The molecule has 3 aliphatic rings. The van der Waals surface area contributed by atoms with Crippen molar-refractivity contribution < 1.29 is 13.2 Å². The summed E-state index contributed by atoms with van der Waals surface area (Å²) in [4.78, 5) is 14.9. The Kier molecular flexibility index (Phi) is 4.73. The summed E-state index contributed by atoms with van der Waals surface area (Å²) in [6.45, 7) is 1.28. The Morgan fingerprint density at radius 2 is 1.67 bits per heavy atom. The van der Waals surface area contributed by atoms with E-state index in [1.54, 1.807) is 11.0 Å². The van der Waals surface area contributed by atoms with Gasteiger partial charge < -0.3 is 4.90 Å². The molecule has 0 radical (unpaired) electrons. The molecule has 0 unspecified atom stereocenters. The van der Waals surface area contributed by atoms with Crippen LogP contribution in [0.25, 0.3) is 0 Å². The maximum Gasteiger partial charge on any atom is 0.243 e. The van der Waals surface area contributed by atoms with Crippen molar-refractivity contribution in [3.63, 3.8) is 0 Å². The number of sulfonamides is 1. The molecule has 144 valence electrons. The van der Waals surface area contributed by atoms with Crippen molar-refractivity contribution in [2.45, 2.75) is 49.8 Å². The molecule has 1 amide bonds. The number of amides is 1. The minimum Gasteiger partial charge on any atom is -0.339 e. The molecule has 1 saturated carbocycles. The molecule has 1 aromatic rings. The summed E-state index contributed by atoms with van der Waals surface area (Å²) >= 11 is 0. The molecule has 0 N–H and O–H groups in total. The highest BCUT2D eigenvalue weighted by atomic mass is 32.2. The molecule has 1 saturated heterocycles. The standard InChI is InChI=1S/C20H25N3O3S/c21-15-20(8-1-2-9-20)19(24)22-10-12-23(13-11-22)27(25,26)18-7-6-16-4-3-5-17(16)14-18/h6-7,14H,1-5,8-13H2. The zero-order valence-electron chi connectivity index (χ0n) is 15.5. The summed E-state index contributed by atoms with van der Waals surface area (Å²) in [7, 11) is -3.54. The molecular weight excluding hydrogens is 362 g/mol. The van der Waals surface area contributed by atoms with E-state index in [2.05, 4.69) is 6.07 Å². The molecule has 0 aromatic heterocycles. The summed E-state index contributed by atoms with van der Waals surface area (Å²) in [6, 6.07) is 7.71. The maximum absolute atomic E-state index is 13.0. The fourth-order valence-corrected chi connectivity index (χ4v) is 6.12. The molecule has 1 heterocycles. The minimum atomic E-state index is -3.54. The van der Waals surface area contributed by atoms with Crippen LogP contribution in [-0.2, 0) is 27.7 Å². The predicted molar refractivity (Wildman–Crippen MR) is 100 cm³/mol. The molecule has 2 aliphatic carbocycles. The van der Waals surface area contributed by atoms with Gasteiger partial charge in [0.15, 0.2) is 0 Å². The molecule has 0 spiro atoms. The third kappa shape index (κ3) is 3.15. The number of aryl methyl sites for hydroxylation is 2. The van der Waals surface area contributed by atoms with Crippen LogP contribution < -0.4 is 0 Å². The van der Waals surface area contributed by atoms with E-state index in [-0.39, 0.29) is 19.0 Å². The van der Waals surface area contributed by atoms with E-state index in [1.165, 1.54) is 9.87 Å². The van der Waals surface area contributed by atoms with E-state index < -0.39 is 15.4 Å². The van der Waals surface area contributed by atoms with Crippen LogP contribution >= 0.6 is 0 Å². The Morgan fingerprint density at radius 1 is 1.00 bits per heavy atom. The first-order valence-electron chi connectivity index (χ1n) is 9.79. The number of nitrogens with zero attached hydrogens (tertiary/aromatic N) is 3. The second-order valence-corrected chi connectivity index (χ2v) is 9.82. The molecule has 7 heteroatoms. The van der Waals surface area contributed by atoms with Crippen LogP contribution in [0.15, 0.2) is 23.1 Å². The van der Waals surface area contributed by atoms with Gasteiger partial charge in [-0.1, -0.05) is 18.9 Å². The van der Waals surface area contributed by atoms with Crippen LogP contribution in [0.3, 0.4) is 0 Å². The van der Waals surface area contributed by atoms with E-state index in [9.17, 15) is 18.5 Å². The SMILES string of the molecule is N#CC1(C(=O)N2CCN(S(=O)(=O)c3ccc4c(c3)CCC4)CC2)CCCC1. The van der Waals surface area contributed by atoms with Gasteiger partial charge in [-0.2, -0.15) is 9.57 Å². The van der Waals surface area contributed by atoms with Crippen molar-refractivity contribution in [3.05, 3.63) is 29.3 Å². The first-order valence-corrected chi connectivity index (χ1v) is 11.2. The molecule has 4 rings (SSSR count). The third-order valence-electron chi connectivity index (χ3n) is 6.31. The maximum atomic E-state index is 13.0. The summed E-state index contributed by atoms with van der Waals surface area (Å²) < 4.78 is 27.5.